The standard InChI is InChI=1S/C8H18N2O/c1-7-8(6-10(2)3)9-4-5-11-7/h7-9H,4-6H2,1-3H3. The number of nitrogens with one attached hydrogen (secondary N) is 1. The van der Waals surface area contributed by atoms with Crippen LogP contribution >= 0.6 is 0 Å². The first-order chi connectivity index (χ1) is 5.20. The predicted molar refractivity (Wildman–Crippen MR) is 45.8 cm³/mol. The molecule has 0 aliphatic carbocycles. The maximum absolute atomic E-state index is 5.50. The van der Waals surface area contributed by atoms with Crippen LogP contribution in [0, 0.1) is 0 Å². The van der Waals surface area contributed by atoms with Gasteiger partial charge in [0.1, 0.15) is 0 Å². The lowest BCUT2D eigenvalue weighted by Gasteiger charge is -2.32. The van der Waals surface area contributed by atoms with E-state index in [1.165, 1.54) is 0 Å². The maximum atomic E-state index is 5.50. The summed E-state index contributed by atoms with van der Waals surface area (Å²) in [6.45, 7) is 5.02. The fourth-order valence-electron chi connectivity index (χ4n) is 1.38. The van der Waals surface area contributed by atoms with Crippen molar-refractivity contribution in [3.8, 4) is 0 Å². The SMILES string of the molecule is CC1OCCNC1CN(C)C. The Kier molecular flexibility index (Phi) is 3.30. The van der Waals surface area contributed by atoms with E-state index in [-0.39, 0.29) is 0 Å². The average molecular weight is 158 g/mol. The second-order valence-electron chi connectivity index (χ2n) is 3.40. The van der Waals surface area contributed by atoms with Gasteiger partial charge in [0.2, 0.25) is 0 Å². The third-order valence-electron chi connectivity index (χ3n) is 2.02. The van der Waals surface area contributed by atoms with Crippen molar-refractivity contribution in [3.63, 3.8) is 0 Å². The predicted octanol–water partition coefficient (Wildman–Crippen LogP) is -0.0751. The first kappa shape index (κ1) is 8.97. The highest BCUT2D eigenvalue weighted by Crippen LogP contribution is 2.03. The van der Waals surface area contributed by atoms with Gasteiger partial charge in [-0.25, -0.2) is 0 Å². The molecule has 0 radical (unpaired) electrons. The van der Waals surface area contributed by atoms with Crippen molar-refractivity contribution in [3.05, 3.63) is 0 Å². The summed E-state index contributed by atoms with van der Waals surface area (Å²) in [7, 11) is 4.17. The smallest absolute Gasteiger partial charge is 0.0713 e. The normalized spacial score (nSPS) is 32.7. The Morgan fingerprint density at radius 2 is 2.27 bits per heavy atom. The minimum atomic E-state index is 0.353. The Balaban J connectivity index is 2.29. The van der Waals surface area contributed by atoms with Crippen molar-refractivity contribution in [2.24, 2.45) is 0 Å². The van der Waals surface area contributed by atoms with Gasteiger partial charge in [-0.15, -0.1) is 0 Å². The summed E-state index contributed by atoms with van der Waals surface area (Å²) in [4.78, 5) is 2.18. The van der Waals surface area contributed by atoms with E-state index in [1.807, 2.05) is 0 Å². The summed E-state index contributed by atoms with van der Waals surface area (Å²) < 4.78 is 5.50. The summed E-state index contributed by atoms with van der Waals surface area (Å²) in [5, 5.41) is 3.43. The molecule has 3 heteroatoms. The van der Waals surface area contributed by atoms with Crippen LogP contribution in [-0.4, -0.2) is 50.8 Å². The quantitative estimate of drug-likeness (QED) is 0.608. The van der Waals surface area contributed by atoms with Gasteiger partial charge >= 0.3 is 0 Å². The Morgan fingerprint density at radius 3 is 2.82 bits per heavy atom. The van der Waals surface area contributed by atoms with Crippen LogP contribution in [-0.2, 0) is 4.74 Å². The number of hydrogen-bond acceptors (Lipinski definition) is 3. The molecule has 0 bridgehead atoms. The fraction of sp³-hybridized carbons (Fsp3) is 1.00. The Hall–Kier alpha value is -0.120. The number of rotatable bonds is 2. The molecule has 1 saturated heterocycles. The lowest BCUT2D eigenvalue weighted by atomic mass is 10.1. The number of morpholine rings is 1. The van der Waals surface area contributed by atoms with Crippen LogP contribution in [0.2, 0.25) is 0 Å². The van der Waals surface area contributed by atoms with Gasteiger partial charge in [-0.2, -0.15) is 0 Å². The zero-order chi connectivity index (χ0) is 8.27. The van der Waals surface area contributed by atoms with E-state index in [9.17, 15) is 0 Å². The maximum Gasteiger partial charge on any atom is 0.0713 e. The summed E-state index contributed by atoms with van der Waals surface area (Å²) in [6, 6.07) is 0.499. The lowest BCUT2D eigenvalue weighted by Crippen LogP contribution is -2.51. The monoisotopic (exact) mass is 158 g/mol. The van der Waals surface area contributed by atoms with Gasteiger partial charge in [0.15, 0.2) is 0 Å². The van der Waals surface area contributed by atoms with Crippen molar-refractivity contribution in [2.45, 2.75) is 19.1 Å². The van der Waals surface area contributed by atoms with Gasteiger partial charge in [-0.1, -0.05) is 0 Å². The Morgan fingerprint density at radius 1 is 1.55 bits per heavy atom. The van der Waals surface area contributed by atoms with E-state index in [2.05, 4.69) is 31.2 Å². The second kappa shape index (κ2) is 4.04. The van der Waals surface area contributed by atoms with Crippen molar-refractivity contribution >= 4 is 0 Å². The number of nitrogens with zero attached hydrogens (tertiary/aromatic N) is 1. The van der Waals surface area contributed by atoms with Crippen LogP contribution in [0.4, 0.5) is 0 Å². The summed E-state index contributed by atoms with van der Waals surface area (Å²) >= 11 is 0. The summed E-state index contributed by atoms with van der Waals surface area (Å²) in [5.74, 6) is 0. The highest BCUT2D eigenvalue weighted by Gasteiger charge is 2.21. The van der Waals surface area contributed by atoms with Gasteiger partial charge in [0.25, 0.3) is 0 Å². The molecule has 0 aromatic carbocycles. The average Bonchev–Trinajstić information content (AvgIpc) is 1.93. The van der Waals surface area contributed by atoms with Crippen molar-refractivity contribution in [1.29, 1.82) is 0 Å². The van der Waals surface area contributed by atoms with Crippen LogP contribution in [0.5, 0.6) is 0 Å². The van der Waals surface area contributed by atoms with E-state index < -0.39 is 0 Å². The Bertz CT molecular complexity index is 117. The van der Waals surface area contributed by atoms with Gasteiger partial charge in [0, 0.05) is 19.1 Å². The molecule has 0 amide bonds. The molecule has 2 atom stereocenters. The molecule has 0 aromatic rings. The van der Waals surface area contributed by atoms with Crippen molar-refractivity contribution < 1.29 is 4.74 Å². The molecule has 1 aliphatic rings. The van der Waals surface area contributed by atoms with E-state index in [1.54, 1.807) is 0 Å². The first-order valence-corrected chi connectivity index (χ1v) is 4.20. The fourth-order valence-corrected chi connectivity index (χ4v) is 1.38. The molecule has 0 saturated carbocycles. The van der Waals surface area contributed by atoms with Gasteiger partial charge in [-0.3, -0.25) is 0 Å². The van der Waals surface area contributed by atoms with Crippen LogP contribution in [0.3, 0.4) is 0 Å². The summed E-state index contributed by atoms with van der Waals surface area (Å²) in [5.41, 5.74) is 0. The molecule has 0 spiro atoms. The molecule has 66 valence electrons. The first-order valence-electron chi connectivity index (χ1n) is 4.20. The molecular formula is C8H18N2O. The third kappa shape index (κ3) is 2.77. The van der Waals surface area contributed by atoms with Crippen LogP contribution in [0.15, 0.2) is 0 Å². The van der Waals surface area contributed by atoms with E-state index >= 15 is 0 Å². The zero-order valence-electron chi connectivity index (χ0n) is 7.63. The minimum absolute atomic E-state index is 0.353. The highest BCUT2D eigenvalue weighted by atomic mass is 16.5. The Labute approximate surface area is 68.7 Å². The van der Waals surface area contributed by atoms with Crippen molar-refractivity contribution in [2.75, 3.05) is 33.8 Å². The molecule has 1 rings (SSSR count). The molecule has 3 nitrogen and oxygen atoms in total. The van der Waals surface area contributed by atoms with E-state index in [4.69, 9.17) is 4.74 Å². The molecule has 11 heavy (non-hydrogen) atoms. The molecule has 0 aromatic heterocycles. The summed E-state index contributed by atoms with van der Waals surface area (Å²) in [6.07, 6.45) is 0.353. The van der Waals surface area contributed by atoms with Gasteiger partial charge in [0.05, 0.1) is 12.7 Å². The molecule has 1 N–H and O–H groups in total. The van der Waals surface area contributed by atoms with Gasteiger partial charge in [-0.05, 0) is 21.0 Å². The molecule has 2 unspecified atom stereocenters. The molecular weight excluding hydrogens is 140 g/mol. The number of likely N-dealkylation sites (N-methyl/N-ethyl adjacent to an activating group) is 1. The topological polar surface area (TPSA) is 24.5 Å². The minimum Gasteiger partial charge on any atom is -0.376 e. The van der Waals surface area contributed by atoms with Gasteiger partial charge < -0.3 is 15.0 Å². The van der Waals surface area contributed by atoms with Crippen LogP contribution < -0.4 is 5.32 Å². The van der Waals surface area contributed by atoms with Crippen LogP contribution in [0.25, 0.3) is 0 Å². The van der Waals surface area contributed by atoms with E-state index in [0.717, 1.165) is 19.7 Å². The largest absolute Gasteiger partial charge is 0.376 e. The third-order valence-corrected chi connectivity index (χ3v) is 2.02. The number of ether oxygens (including phenoxy) is 1. The zero-order valence-corrected chi connectivity index (χ0v) is 7.63. The second-order valence-corrected chi connectivity index (χ2v) is 3.40. The highest BCUT2D eigenvalue weighted by molar-refractivity contribution is 4.79. The van der Waals surface area contributed by atoms with Crippen molar-refractivity contribution in [1.82, 2.24) is 10.2 Å². The lowest BCUT2D eigenvalue weighted by molar-refractivity contribution is 0.00175. The molecule has 1 aliphatic heterocycles. The van der Waals surface area contributed by atoms with Crippen LogP contribution in [0.1, 0.15) is 6.92 Å². The molecule has 1 fully saturated rings. The van der Waals surface area contributed by atoms with E-state index in [0.29, 0.717) is 12.1 Å². The molecule has 1 heterocycles. The number of hydrogen-bond donors (Lipinski definition) is 1.